The first kappa shape index (κ1) is 16.6. The smallest absolute Gasteiger partial charge is 0.347 e. The Morgan fingerprint density at radius 2 is 2.10 bits per heavy atom. The molecule has 1 amide bonds. The number of aromatic nitrogens is 1. The SMILES string of the molecule is COC(C)CCC(=O)NC(C)c1nc(C)c(C(=O)O)s1. The van der Waals surface area contributed by atoms with E-state index in [1.165, 1.54) is 0 Å². The van der Waals surface area contributed by atoms with E-state index in [-0.39, 0.29) is 22.9 Å². The van der Waals surface area contributed by atoms with Crippen molar-refractivity contribution in [3.8, 4) is 0 Å². The highest BCUT2D eigenvalue weighted by atomic mass is 32.1. The van der Waals surface area contributed by atoms with Crippen molar-refractivity contribution >= 4 is 23.2 Å². The molecule has 7 heteroatoms. The van der Waals surface area contributed by atoms with Crippen molar-refractivity contribution in [1.82, 2.24) is 10.3 Å². The maximum absolute atomic E-state index is 11.8. The normalized spacial score (nSPS) is 13.8. The first-order valence-corrected chi connectivity index (χ1v) is 7.19. The Morgan fingerprint density at radius 3 is 2.60 bits per heavy atom. The van der Waals surface area contributed by atoms with Crippen LogP contribution in [-0.2, 0) is 9.53 Å². The van der Waals surface area contributed by atoms with Crippen LogP contribution in [0.2, 0.25) is 0 Å². The third-order valence-electron chi connectivity index (χ3n) is 2.94. The molecule has 20 heavy (non-hydrogen) atoms. The average Bonchev–Trinajstić information content (AvgIpc) is 2.78. The number of rotatable bonds is 7. The van der Waals surface area contributed by atoms with E-state index in [1.54, 1.807) is 21.0 Å². The average molecular weight is 300 g/mol. The van der Waals surface area contributed by atoms with Gasteiger partial charge in [-0.25, -0.2) is 9.78 Å². The second-order valence-corrected chi connectivity index (χ2v) is 5.68. The zero-order chi connectivity index (χ0) is 15.3. The van der Waals surface area contributed by atoms with Gasteiger partial charge in [0, 0.05) is 13.5 Å². The Hall–Kier alpha value is -1.47. The Balaban J connectivity index is 2.58. The molecule has 1 aromatic rings. The summed E-state index contributed by atoms with van der Waals surface area (Å²) in [5, 5.41) is 12.4. The van der Waals surface area contributed by atoms with Crippen LogP contribution in [0.3, 0.4) is 0 Å². The maximum atomic E-state index is 11.8. The lowest BCUT2D eigenvalue weighted by molar-refractivity contribution is -0.122. The van der Waals surface area contributed by atoms with Crippen LogP contribution in [-0.4, -0.2) is 35.2 Å². The highest BCUT2D eigenvalue weighted by Crippen LogP contribution is 2.23. The number of ether oxygens (including phenoxy) is 1. The Morgan fingerprint density at radius 1 is 1.45 bits per heavy atom. The molecular formula is C13H20N2O4S. The molecule has 0 radical (unpaired) electrons. The third-order valence-corrected chi connectivity index (χ3v) is 4.26. The number of carbonyl (C=O) groups is 2. The summed E-state index contributed by atoms with van der Waals surface area (Å²) in [5.41, 5.74) is 0.478. The molecule has 2 atom stereocenters. The lowest BCUT2D eigenvalue weighted by Gasteiger charge is -2.13. The predicted molar refractivity (Wildman–Crippen MR) is 76.1 cm³/mol. The van der Waals surface area contributed by atoms with Gasteiger partial charge in [0.2, 0.25) is 5.91 Å². The molecule has 6 nitrogen and oxygen atoms in total. The van der Waals surface area contributed by atoms with Crippen LogP contribution < -0.4 is 5.32 Å². The Labute approximate surface area is 122 Å². The lowest BCUT2D eigenvalue weighted by Crippen LogP contribution is -2.27. The minimum Gasteiger partial charge on any atom is -0.477 e. The molecule has 0 saturated heterocycles. The van der Waals surface area contributed by atoms with Crippen LogP contribution in [0.1, 0.15) is 53.1 Å². The molecule has 1 aromatic heterocycles. The van der Waals surface area contributed by atoms with Crippen LogP contribution in [0.15, 0.2) is 0 Å². The quantitative estimate of drug-likeness (QED) is 0.805. The minimum absolute atomic E-state index is 0.0387. The van der Waals surface area contributed by atoms with Crippen molar-refractivity contribution in [3.05, 3.63) is 15.6 Å². The monoisotopic (exact) mass is 300 g/mol. The van der Waals surface area contributed by atoms with E-state index >= 15 is 0 Å². The second kappa shape index (κ2) is 7.35. The number of carbonyl (C=O) groups excluding carboxylic acids is 1. The number of nitrogens with zero attached hydrogens (tertiary/aromatic N) is 1. The molecule has 0 aliphatic rings. The fourth-order valence-electron chi connectivity index (χ4n) is 1.63. The number of aryl methyl sites for hydroxylation is 1. The highest BCUT2D eigenvalue weighted by molar-refractivity contribution is 7.13. The number of hydrogen-bond donors (Lipinski definition) is 2. The van der Waals surface area contributed by atoms with Crippen LogP contribution in [0.5, 0.6) is 0 Å². The summed E-state index contributed by atoms with van der Waals surface area (Å²) in [4.78, 5) is 27.1. The summed E-state index contributed by atoms with van der Waals surface area (Å²) in [6.45, 7) is 5.35. The van der Waals surface area contributed by atoms with E-state index in [0.717, 1.165) is 11.3 Å². The fourth-order valence-corrected chi connectivity index (χ4v) is 2.54. The van der Waals surface area contributed by atoms with Gasteiger partial charge >= 0.3 is 5.97 Å². The van der Waals surface area contributed by atoms with Gasteiger partial charge in [-0.05, 0) is 27.2 Å². The molecular weight excluding hydrogens is 280 g/mol. The summed E-state index contributed by atoms with van der Waals surface area (Å²) < 4.78 is 5.08. The summed E-state index contributed by atoms with van der Waals surface area (Å²) in [7, 11) is 1.61. The zero-order valence-corrected chi connectivity index (χ0v) is 12.9. The summed E-state index contributed by atoms with van der Waals surface area (Å²) in [6, 6.07) is -0.294. The molecule has 0 spiro atoms. The second-order valence-electron chi connectivity index (χ2n) is 4.65. The Kier molecular flexibility index (Phi) is 6.09. The van der Waals surface area contributed by atoms with Crippen molar-refractivity contribution in [2.24, 2.45) is 0 Å². The number of amides is 1. The summed E-state index contributed by atoms with van der Waals surface area (Å²) >= 11 is 1.10. The van der Waals surface area contributed by atoms with Crippen molar-refractivity contribution < 1.29 is 19.4 Å². The summed E-state index contributed by atoms with van der Waals surface area (Å²) in [6.07, 6.45) is 1.05. The van der Waals surface area contributed by atoms with Crippen LogP contribution in [0.25, 0.3) is 0 Å². The van der Waals surface area contributed by atoms with Gasteiger partial charge in [0.1, 0.15) is 9.88 Å². The molecule has 2 unspecified atom stereocenters. The molecule has 112 valence electrons. The molecule has 0 fully saturated rings. The van der Waals surface area contributed by atoms with Crippen LogP contribution >= 0.6 is 11.3 Å². The first-order valence-electron chi connectivity index (χ1n) is 6.38. The molecule has 1 rings (SSSR count). The predicted octanol–water partition coefficient (Wildman–Crippen LogP) is 2.14. The van der Waals surface area contributed by atoms with Crippen molar-refractivity contribution in [2.75, 3.05) is 7.11 Å². The van der Waals surface area contributed by atoms with E-state index in [4.69, 9.17) is 9.84 Å². The van der Waals surface area contributed by atoms with Crippen molar-refractivity contribution in [2.45, 2.75) is 45.8 Å². The molecule has 0 bridgehead atoms. The van der Waals surface area contributed by atoms with Crippen molar-refractivity contribution in [3.63, 3.8) is 0 Å². The van der Waals surface area contributed by atoms with Crippen LogP contribution in [0, 0.1) is 6.92 Å². The fraction of sp³-hybridized carbons (Fsp3) is 0.615. The molecule has 2 N–H and O–H groups in total. The number of carboxylic acid groups (broad SMARTS) is 1. The number of carboxylic acids is 1. The standard InChI is InChI=1S/C13H20N2O4S/c1-7(19-4)5-6-10(16)14-9(3)12-15-8(2)11(20-12)13(17)18/h7,9H,5-6H2,1-4H3,(H,14,16)(H,17,18). The van der Waals surface area contributed by atoms with Crippen LogP contribution in [0.4, 0.5) is 0 Å². The van der Waals surface area contributed by atoms with Gasteiger partial charge in [-0.1, -0.05) is 0 Å². The number of nitrogens with one attached hydrogen (secondary N) is 1. The lowest BCUT2D eigenvalue weighted by atomic mass is 10.2. The minimum atomic E-state index is -0.987. The molecule has 0 saturated carbocycles. The highest BCUT2D eigenvalue weighted by Gasteiger charge is 2.19. The third kappa shape index (κ3) is 4.57. The molecule has 0 aromatic carbocycles. The topological polar surface area (TPSA) is 88.5 Å². The van der Waals surface area contributed by atoms with E-state index in [9.17, 15) is 9.59 Å². The number of thiazole rings is 1. The van der Waals surface area contributed by atoms with Gasteiger partial charge in [-0.15, -0.1) is 11.3 Å². The van der Waals surface area contributed by atoms with Gasteiger partial charge in [-0.3, -0.25) is 4.79 Å². The van der Waals surface area contributed by atoms with Gasteiger partial charge in [0.15, 0.2) is 0 Å². The largest absolute Gasteiger partial charge is 0.477 e. The Bertz CT molecular complexity index is 487. The van der Waals surface area contributed by atoms with Gasteiger partial charge < -0.3 is 15.2 Å². The van der Waals surface area contributed by atoms with Gasteiger partial charge in [0.05, 0.1) is 17.8 Å². The van der Waals surface area contributed by atoms with Crippen molar-refractivity contribution in [1.29, 1.82) is 0 Å². The first-order chi connectivity index (χ1) is 9.35. The molecule has 1 heterocycles. The van der Waals surface area contributed by atoms with E-state index in [1.807, 2.05) is 6.92 Å². The van der Waals surface area contributed by atoms with Gasteiger partial charge in [-0.2, -0.15) is 0 Å². The molecule has 0 aliphatic carbocycles. The summed E-state index contributed by atoms with van der Waals surface area (Å²) in [5.74, 6) is -1.08. The maximum Gasteiger partial charge on any atom is 0.347 e. The number of aromatic carboxylic acids is 1. The molecule has 0 aliphatic heterocycles. The van der Waals surface area contributed by atoms with Gasteiger partial charge in [0.25, 0.3) is 0 Å². The number of methoxy groups -OCH3 is 1. The van der Waals surface area contributed by atoms with E-state index in [0.29, 0.717) is 23.5 Å². The van der Waals surface area contributed by atoms with E-state index in [2.05, 4.69) is 10.3 Å². The van der Waals surface area contributed by atoms with E-state index < -0.39 is 5.97 Å². The zero-order valence-electron chi connectivity index (χ0n) is 12.1. The number of hydrogen-bond acceptors (Lipinski definition) is 5.